The summed E-state index contributed by atoms with van der Waals surface area (Å²) in [6.07, 6.45) is 0.952. The number of ether oxygens (including phenoxy) is 1. The highest BCUT2D eigenvalue weighted by Gasteiger charge is 2.27. The van der Waals surface area contributed by atoms with Gasteiger partial charge in [0.2, 0.25) is 0 Å². The van der Waals surface area contributed by atoms with E-state index in [1.807, 2.05) is 24.3 Å². The van der Waals surface area contributed by atoms with E-state index in [0.29, 0.717) is 0 Å². The van der Waals surface area contributed by atoms with Gasteiger partial charge in [-0.15, -0.1) is 0 Å². The molecule has 2 rings (SSSR count). The standard InChI is InChI=1S/C13H17NO2/c1-10(15)11-7-8-14(9-11)12-5-3-4-6-13(12)16-2/h3-6,11H,7-9H2,1-2H3. The molecular formula is C13H17NO2. The summed E-state index contributed by atoms with van der Waals surface area (Å²) >= 11 is 0. The molecule has 16 heavy (non-hydrogen) atoms. The number of hydrogen-bond acceptors (Lipinski definition) is 3. The van der Waals surface area contributed by atoms with Gasteiger partial charge in [-0.3, -0.25) is 4.79 Å². The van der Waals surface area contributed by atoms with E-state index in [1.54, 1.807) is 14.0 Å². The van der Waals surface area contributed by atoms with Crippen LogP contribution in [0.4, 0.5) is 5.69 Å². The first-order valence-corrected chi connectivity index (χ1v) is 5.61. The predicted octanol–water partition coefficient (Wildman–Crippen LogP) is 2.11. The van der Waals surface area contributed by atoms with E-state index in [0.717, 1.165) is 30.9 Å². The summed E-state index contributed by atoms with van der Waals surface area (Å²) in [4.78, 5) is 13.5. The molecule has 0 amide bonds. The Morgan fingerprint density at radius 1 is 1.44 bits per heavy atom. The van der Waals surface area contributed by atoms with Crippen LogP contribution in [-0.2, 0) is 4.79 Å². The second kappa shape index (κ2) is 4.56. The van der Waals surface area contributed by atoms with Gasteiger partial charge in [-0.1, -0.05) is 12.1 Å². The van der Waals surface area contributed by atoms with Crippen molar-refractivity contribution in [2.45, 2.75) is 13.3 Å². The van der Waals surface area contributed by atoms with Crippen LogP contribution in [0.25, 0.3) is 0 Å². The van der Waals surface area contributed by atoms with Gasteiger partial charge in [0.15, 0.2) is 0 Å². The Kier molecular flexibility index (Phi) is 3.13. The van der Waals surface area contributed by atoms with Crippen molar-refractivity contribution >= 4 is 11.5 Å². The van der Waals surface area contributed by atoms with Gasteiger partial charge in [0.1, 0.15) is 11.5 Å². The van der Waals surface area contributed by atoms with Gasteiger partial charge < -0.3 is 9.64 Å². The number of hydrogen-bond donors (Lipinski definition) is 0. The Balaban J connectivity index is 2.17. The van der Waals surface area contributed by atoms with Crippen LogP contribution in [0.2, 0.25) is 0 Å². The number of carbonyl (C=O) groups excluding carboxylic acids is 1. The monoisotopic (exact) mass is 219 g/mol. The summed E-state index contributed by atoms with van der Waals surface area (Å²) in [5.41, 5.74) is 1.09. The number of anilines is 1. The van der Waals surface area contributed by atoms with E-state index in [1.165, 1.54) is 0 Å². The van der Waals surface area contributed by atoms with Crippen molar-refractivity contribution in [1.29, 1.82) is 0 Å². The largest absolute Gasteiger partial charge is 0.495 e. The molecule has 86 valence electrons. The van der Waals surface area contributed by atoms with Gasteiger partial charge in [-0.05, 0) is 25.5 Å². The maximum atomic E-state index is 11.3. The minimum Gasteiger partial charge on any atom is -0.495 e. The Labute approximate surface area is 96.0 Å². The first-order valence-electron chi connectivity index (χ1n) is 5.61. The van der Waals surface area contributed by atoms with Crippen molar-refractivity contribution in [3.05, 3.63) is 24.3 Å². The molecule has 1 saturated heterocycles. The molecule has 0 spiro atoms. The van der Waals surface area contributed by atoms with E-state index in [9.17, 15) is 4.79 Å². The average Bonchev–Trinajstić information content (AvgIpc) is 2.78. The molecule has 1 aromatic carbocycles. The molecule has 0 saturated carbocycles. The lowest BCUT2D eigenvalue weighted by atomic mass is 10.1. The molecule has 1 aliphatic rings. The molecule has 1 heterocycles. The maximum Gasteiger partial charge on any atom is 0.142 e. The molecule has 0 N–H and O–H groups in total. The second-order valence-electron chi connectivity index (χ2n) is 4.21. The van der Waals surface area contributed by atoms with Crippen molar-refractivity contribution in [1.82, 2.24) is 0 Å². The lowest BCUT2D eigenvalue weighted by Gasteiger charge is -2.20. The number of methoxy groups -OCH3 is 1. The Hall–Kier alpha value is -1.51. The lowest BCUT2D eigenvalue weighted by molar-refractivity contribution is -0.120. The lowest BCUT2D eigenvalue weighted by Crippen LogP contribution is -2.22. The smallest absolute Gasteiger partial charge is 0.142 e. The number of carbonyl (C=O) groups is 1. The van der Waals surface area contributed by atoms with E-state index in [-0.39, 0.29) is 11.7 Å². The van der Waals surface area contributed by atoms with E-state index < -0.39 is 0 Å². The number of para-hydroxylation sites is 2. The van der Waals surface area contributed by atoms with Gasteiger partial charge in [0, 0.05) is 19.0 Å². The topological polar surface area (TPSA) is 29.5 Å². The number of ketones is 1. The molecule has 0 radical (unpaired) electrons. The summed E-state index contributed by atoms with van der Waals surface area (Å²) < 4.78 is 5.33. The van der Waals surface area contributed by atoms with Crippen molar-refractivity contribution in [2.75, 3.05) is 25.1 Å². The zero-order chi connectivity index (χ0) is 11.5. The molecule has 1 atom stereocenters. The van der Waals surface area contributed by atoms with Gasteiger partial charge in [-0.2, -0.15) is 0 Å². The van der Waals surface area contributed by atoms with Crippen LogP contribution in [-0.4, -0.2) is 26.0 Å². The number of benzene rings is 1. The zero-order valence-electron chi connectivity index (χ0n) is 9.77. The second-order valence-corrected chi connectivity index (χ2v) is 4.21. The van der Waals surface area contributed by atoms with Crippen LogP contribution in [0.1, 0.15) is 13.3 Å². The van der Waals surface area contributed by atoms with Crippen molar-refractivity contribution in [3.8, 4) is 5.75 Å². The maximum absolute atomic E-state index is 11.3. The number of Topliss-reactive ketones (excluding diaryl/α,β-unsaturated/α-hetero) is 1. The fourth-order valence-electron chi connectivity index (χ4n) is 2.20. The molecule has 3 nitrogen and oxygen atoms in total. The molecule has 0 bridgehead atoms. The SMILES string of the molecule is COc1ccccc1N1CCC(C(C)=O)C1. The van der Waals surface area contributed by atoms with Crippen LogP contribution in [0.3, 0.4) is 0 Å². The van der Waals surface area contributed by atoms with E-state index >= 15 is 0 Å². The molecule has 0 aromatic heterocycles. The highest BCUT2D eigenvalue weighted by Crippen LogP contribution is 2.31. The van der Waals surface area contributed by atoms with Gasteiger partial charge in [-0.25, -0.2) is 0 Å². The van der Waals surface area contributed by atoms with Gasteiger partial charge >= 0.3 is 0 Å². The summed E-state index contributed by atoms with van der Waals surface area (Å²) in [5.74, 6) is 1.36. The van der Waals surface area contributed by atoms with E-state index in [4.69, 9.17) is 4.74 Å². The first kappa shape index (κ1) is 11.0. The Morgan fingerprint density at radius 3 is 2.81 bits per heavy atom. The average molecular weight is 219 g/mol. The number of nitrogens with zero attached hydrogens (tertiary/aromatic N) is 1. The normalized spacial score (nSPS) is 19.9. The summed E-state index contributed by atoms with van der Waals surface area (Å²) in [5, 5.41) is 0. The third kappa shape index (κ3) is 2.03. The van der Waals surface area contributed by atoms with Crippen LogP contribution in [0, 0.1) is 5.92 Å². The fraction of sp³-hybridized carbons (Fsp3) is 0.462. The van der Waals surface area contributed by atoms with Crippen LogP contribution < -0.4 is 9.64 Å². The van der Waals surface area contributed by atoms with Crippen molar-refractivity contribution < 1.29 is 9.53 Å². The first-order chi connectivity index (χ1) is 7.72. The van der Waals surface area contributed by atoms with Crippen LogP contribution in [0.5, 0.6) is 5.75 Å². The minimum absolute atomic E-state index is 0.185. The Morgan fingerprint density at radius 2 is 2.19 bits per heavy atom. The summed E-state index contributed by atoms with van der Waals surface area (Å²) in [6, 6.07) is 7.96. The van der Waals surface area contributed by atoms with Crippen LogP contribution in [0.15, 0.2) is 24.3 Å². The minimum atomic E-state index is 0.185. The molecular weight excluding hydrogens is 202 g/mol. The fourth-order valence-corrected chi connectivity index (χ4v) is 2.20. The highest BCUT2D eigenvalue weighted by atomic mass is 16.5. The third-order valence-electron chi connectivity index (χ3n) is 3.19. The quantitative estimate of drug-likeness (QED) is 0.779. The van der Waals surface area contributed by atoms with Crippen molar-refractivity contribution in [2.24, 2.45) is 5.92 Å². The van der Waals surface area contributed by atoms with Gasteiger partial charge in [0.25, 0.3) is 0 Å². The molecule has 1 fully saturated rings. The summed E-state index contributed by atoms with van der Waals surface area (Å²) in [7, 11) is 1.68. The molecule has 1 aliphatic heterocycles. The molecule has 3 heteroatoms. The van der Waals surface area contributed by atoms with Crippen LogP contribution >= 0.6 is 0 Å². The Bertz CT molecular complexity index is 389. The highest BCUT2D eigenvalue weighted by molar-refractivity contribution is 5.80. The van der Waals surface area contributed by atoms with Gasteiger partial charge in [0.05, 0.1) is 12.8 Å². The molecule has 1 aromatic rings. The van der Waals surface area contributed by atoms with E-state index in [2.05, 4.69) is 4.90 Å². The van der Waals surface area contributed by atoms with Crippen molar-refractivity contribution in [3.63, 3.8) is 0 Å². The molecule has 0 aliphatic carbocycles. The summed E-state index contributed by atoms with van der Waals surface area (Å²) in [6.45, 7) is 3.43. The zero-order valence-corrected chi connectivity index (χ0v) is 9.77. The third-order valence-corrected chi connectivity index (χ3v) is 3.19. The predicted molar refractivity (Wildman–Crippen MR) is 64.0 cm³/mol. The number of rotatable bonds is 3. The molecule has 1 unspecified atom stereocenters.